The maximum absolute atomic E-state index is 12.0. The summed E-state index contributed by atoms with van der Waals surface area (Å²) < 4.78 is 4.58. The number of methoxy groups -OCH3 is 1. The van der Waals surface area contributed by atoms with Crippen molar-refractivity contribution in [1.82, 2.24) is 9.88 Å². The number of rotatable bonds is 5. The van der Waals surface area contributed by atoms with E-state index in [2.05, 4.69) is 15.0 Å². The van der Waals surface area contributed by atoms with Gasteiger partial charge in [0.2, 0.25) is 0 Å². The standard InChI is InChI=1S/C13H17N3O5/c1-8(12(19)21-3)7-16(2)13(20)15-9-5-4-6-14-10(9)11(17)18/h4-6,8H,7H2,1-3H3,(H,15,20)(H,17,18). The van der Waals surface area contributed by atoms with Gasteiger partial charge in [-0.1, -0.05) is 6.92 Å². The summed E-state index contributed by atoms with van der Waals surface area (Å²) in [7, 11) is 2.76. The molecule has 1 unspecified atom stereocenters. The second-order valence-electron chi connectivity index (χ2n) is 4.44. The largest absolute Gasteiger partial charge is 0.476 e. The van der Waals surface area contributed by atoms with E-state index in [0.717, 1.165) is 0 Å². The summed E-state index contributed by atoms with van der Waals surface area (Å²) in [5, 5.41) is 11.4. The van der Waals surface area contributed by atoms with Crippen LogP contribution in [-0.4, -0.2) is 53.7 Å². The maximum atomic E-state index is 12.0. The molecule has 21 heavy (non-hydrogen) atoms. The number of carboxylic acid groups (broad SMARTS) is 1. The van der Waals surface area contributed by atoms with Crippen LogP contribution in [-0.2, 0) is 9.53 Å². The summed E-state index contributed by atoms with van der Waals surface area (Å²) in [6, 6.07) is 2.41. The number of pyridine rings is 1. The Bertz CT molecular complexity index is 546. The molecule has 0 fully saturated rings. The number of ether oxygens (including phenoxy) is 1. The van der Waals surface area contributed by atoms with Gasteiger partial charge in [-0.2, -0.15) is 0 Å². The topological polar surface area (TPSA) is 109 Å². The highest BCUT2D eigenvalue weighted by Crippen LogP contribution is 2.13. The molecule has 1 aromatic rings. The summed E-state index contributed by atoms with van der Waals surface area (Å²) >= 11 is 0. The van der Waals surface area contributed by atoms with E-state index in [1.165, 1.54) is 37.4 Å². The molecule has 2 N–H and O–H groups in total. The zero-order chi connectivity index (χ0) is 16.0. The number of aromatic nitrogens is 1. The first-order valence-corrected chi connectivity index (χ1v) is 6.15. The lowest BCUT2D eigenvalue weighted by Crippen LogP contribution is -2.37. The third-order valence-corrected chi connectivity index (χ3v) is 2.75. The molecule has 0 saturated heterocycles. The smallest absolute Gasteiger partial charge is 0.356 e. The fraction of sp³-hybridized carbons (Fsp3) is 0.385. The summed E-state index contributed by atoms with van der Waals surface area (Å²) in [5.41, 5.74) is -0.159. The monoisotopic (exact) mass is 295 g/mol. The summed E-state index contributed by atoms with van der Waals surface area (Å²) in [6.07, 6.45) is 1.32. The highest BCUT2D eigenvalue weighted by Gasteiger charge is 2.20. The van der Waals surface area contributed by atoms with E-state index in [0.29, 0.717) is 0 Å². The molecule has 0 aliphatic rings. The molecule has 1 heterocycles. The zero-order valence-corrected chi connectivity index (χ0v) is 12.0. The van der Waals surface area contributed by atoms with E-state index < -0.39 is 23.9 Å². The van der Waals surface area contributed by atoms with Crippen LogP contribution in [0.2, 0.25) is 0 Å². The molecule has 0 spiro atoms. The molecule has 0 bridgehead atoms. The number of nitrogens with one attached hydrogen (secondary N) is 1. The molecule has 114 valence electrons. The van der Waals surface area contributed by atoms with Gasteiger partial charge in [0.15, 0.2) is 5.69 Å². The molecule has 1 atom stereocenters. The molecule has 0 saturated carbocycles. The van der Waals surface area contributed by atoms with Gasteiger partial charge in [-0.05, 0) is 12.1 Å². The van der Waals surface area contributed by atoms with Crippen molar-refractivity contribution in [3.05, 3.63) is 24.0 Å². The average molecular weight is 295 g/mol. The minimum atomic E-state index is -1.24. The first-order chi connectivity index (χ1) is 9.86. The minimum Gasteiger partial charge on any atom is -0.476 e. The number of hydrogen-bond acceptors (Lipinski definition) is 5. The predicted octanol–water partition coefficient (Wildman–Crippen LogP) is 1.05. The number of amides is 2. The van der Waals surface area contributed by atoms with Crippen LogP contribution in [0.25, 0.3) is 0 Å². The van der Waals surface area contributed by atoms with E-state index >= 15 is 0 Å². The Kier molecular flexibility index (Phi) is 5.65. The number of aromatic carboxylic acids is 1. The highest BCUT2D eigenvalue weighted by molar-refractivity contribution is 5.98. The third kappa shape index (κ3) is 4.44. The van der Waals surface area contributed by atoms with Gasteiger partial charge in [-0.3, -0.25) is 4.79 Å². The van der Waals surface area contributed by atoms with Gasteiger partial charge in [0, 0.05) is 19.8 Å². The first-order valence-electron chi connectivity index (χ1n) is 6.15. The SMILES string of the molecule is COC(=O)C(C)CN(C)C(=O)Nc1cccnc1C(=O)O. The van der Waals surface area contributed by atoms with Crippen molar-refractivity contribution in [2.45, 2.75) is 6.92 Å². The number of carbonyl (C=O) groups is 3. The second kappa shape index (κ2) is 7.22. The lowest BCUT2D eigenvalue weighted by Gasteiger charge is -2.21. The van der Waals surface area contributed by atoms with Gasteiger partial charge in [-0.15, -0.1) is 0 Å². The second-order valence-corrected chi connectivity index (χ2v) is 4.44. The van der Waals surface area contributed by atoms with Crippen molar-refractivity contribution >= 4 is 23.7 Å². The first kappa shape index (κ1) is 16.4. The summed E-state index contributed by atoms with van der Waals surface area (Å²) in [6.45, 7) is 1.77. The number of urea groups is 1. The fourth-order valence-corrected chi connectivity index (χ4v) is 1.66. The molecule has 2 amide bonds. The van der Waals surface area contributed by atoms with Crippen LogP contribution >= 0.6 is 0 Å². The van der Waals surface area contributed by atoms with E-state index in [4.69, 9.17) is 5.11 Å². The van der Waals surface area contributed by atoms with Gasteiger partial charge in [-0.25, -0.2) is 14.6 Å². The number of nitrogens with zero attached hydrogens (tertiary/aromatic N) is 2. The van der Waals surface area contributed by atoms with Crippen LogP contribution in [0.5, 0.6) is 0 Å². The van der Waals surface area contributed by atoms with Gasteiger partial charge < -0.3 is 20.1 Å². The Morgan fingerprint density at radius 1 is 1.48 bits per heavy atom. The molecular weight excluding hydrogens is 278 g/mol. The summed E-state index contributed by atoms with van der Waals surface area (Å²) in [5.74, 6) is -2.16. The molecule has 1 rings (SSSR count). The number of esters is 1. The van der Waals surface area contributed by atoms with Crippen LogP contribution < -0.4 is 5.32 Å². The number of hydrogen-bond donors (Lipinski definition) is 2. The van der Waals surface area contributed by atoms with E-state index in [9.17, 15) is 14.4 Å². The van der Waals surface area contributed by atoms with E-state index in [1.807, 2.05) is 0 Å². The predicted molar refractivity (Wildman–Crippen MR) is 74.0 cm³/mol. The third-order valence-electron chi connectivity index (χ3n) is 2.75. The molecule has 8 nitrogen and oxygen atoms in total. The van der Waals surface area contributed by atoms with Crippen LogP contribution in [0.1, 0.15) is 17.4 Å². The summed E-state index contributed by atoms with van der Waals surface area (Å²) in [4.78, 5) is 39.2. The average Bonchev–Trinajstić information content (AvgIpc) is 2.46. The number of carbonyl (C=O) groups excluding carboxylic acids is 2. The molecule has 8 heteroatoms. The van der Waals surface area contributed by atoms with Crippen LogP contribution in [0, 0.1) is 5.92 Å². The Morgan fingerprint density at radius 3 is 2.71 bits per heavy atom. The quantitative estimate of drug-likeness (QED) is 0.786. The van der Waals surface area contributed by atoms with E-state index in [1.54, 1.807) is 6.92 Å². The lowest BCUT2D eigenvalue weighted by atomic mass is 10.2. The Balaban J connectivity index is 2.73. The molecule has 0 aliphatic heterocycles. The van der Waals surface area contributed by atoms with Crippen molar-refractivity contribution in [3.63, 3.8) is 0 Å². The Labute approximate surface area is 121 Å². The number of carboxylic acids is 1. The number of anilines is 1. The lowest BCUT2D eigenvalue weighted by molar-refractivity contribution is -0.145. The van der Waals surface area contributed by atoms with Crippen LogP contribution in [0.3, 0.4) is 0 Å². The molecular formula is C13H17N3O5. The van der Waals surface area contributed by atoms with Crippen molar-refractivity contribution < 1.29 is 24.2 Å². The van der Waals surface area contributed by atoms with Gasteiger partial charge in [0.05, 0.1) is 18.7 Å². The van der Waals surface area contributed by atoms with Crippen molar-refractivity contribution in [2.24, 2.45) is 5.92 Å². The van der Waals surface area contributed by atoms with Crippen LogP contribution in [0.15, 0.2) is 18.3 Å². The highest BCUT2D eigenvalue weighted by atomic mass is 16.5. The van der Waals surface area contributed by atoms with Crippen LogP contribution in [0.4, 0.5) is 10.5 Å². The maximum Gasteiger partial charge on any atom is 0.356 e. The van der Waals surface area contributed by atoms with Gasteiger partial charge >= 0.3 is 18.0 Å². The van der Waals surface area contributed by atoms with Crippen molar-refractivity contribution in [3.8, 4) is 0 Å². The molecule has 1 aromatic heterocycles. The van der Waals surface area contributed by atoms with Gasteiger partial charge in [0.25, 0.3) is 0 Å². The molecule has 0 aliphatic carbocycles. The Hall–Kier alpha value is -2.64. The molecule has 0 radical (unpaired) electrons. The van der Waals surface area contributed by atoms with Gasteiger partial charge in [0.1, 0.15) is 0 Å². The molecule has 0 aromatic carbocycles. The van der Waals surface area contributed by atoms with Crippen molar-refractivity contribution in [1.29, 1.82) is 0 Å². The van der Waals surface area contributed by atoms with E-state index in [-0.39, 0.29) is 17.9 Å². The minimum absolute atomic E-state index is 0.0903. The van der Waals surface area contributed by atoms with Crippen molar-refractivity contribution in [2.75, 3.05) is 26.0 Å². The normalized spacial score (nSPS) is 11.4. The zero-order valence-electron chi connectivity index (χ0n) is 12.0. The fourth-order valence-electron chi connectivity index (χ4n) is 1.66. The Morgan fingerprint density at radius 2 is 2.14 bits per heavy atom.